The van der Waals surface area contributed by atoms with Crippen LogP contribution in [-0.2, 0) is 0 Å². The molecule has 0 aliphatic rings. The zero-order valence-electron chi connectivity index (χ0n) is 14.4. The quantitative estimate of drug-likeness (QED) is 0.784. The first kappa shape index (κ1) is 16.6. The molecule has 0 radical (unpaired) electrons. The summed E-state index contributed by atoms with van der Waals surface area (Å²) in [6.07, 6.45) is 0. The molecule has 0 spiro atoms. The Morgan fingerprint density at radius 2 is 1.88 bits per heavy atom. The van der Waals surface area contributed by atoms with Crippen molar-refractivity contribution in [1.29, 1.82) is 0 Å². The second kappa shape index (κ2) is 6.31. The van der Waals surface area contributed by atoms with E-state index in [0.29, 0.717) is 17.0 Å². The molecule has 8 heteroatoms. The van der Waals surface area contributed by atoms with E-state index in [-0.39, 0.29) is 11.7 Å². The fraction of sp³-hybridized carbons (Fsp3) is 0.235. The van der Waals surface area contributed by atoms with Gasteiger partial charge < -0.3 is 10.2 Å². The Morgan fingerprint density at radius 3 is 2.60 bits per heavy atom. The highest BCUT2D eigenvalue weighted by atomic mass is 16.2. The van der Waals surface area contributed by atoms with E-state index in [4.69, 9.17) is 0 Å². The van der Waals surface area contributed by atoms with Gasteiger partial charge in [-0.05, 0) is 38.1 Å². The highest BCUT2D eigenvalue weighted by Gasteiger charge is 2.16. The van der Waals surface area contributed by atoms with Crippen LogP contribution in [0.25, 0.3) is 5.78 Å². The van der Waals surface area contributed by atoms with Gasteiger partial charge in [-0.3, -0.25) is 9.59 Å². The third-order valence-electron chi connectivity index (χ3n) is 3.59. The average molecular weight is 338 g/mol. The second-order valence-corrected chi connectivity index (χ2v) is 5.92. The number of carbonyl (C=O) groups excluding carboxylic acids is 2. The van der Waals surface area contributed by atoms with Gasteiger partial charge in [-0.15, -0.1) is 5.10 Å². The second-order valence-electron chi connectivity index (χ2n) is 5.92. The zero-order chi connectivity index (χ0) is 18.1. The van der Waals surface area contributed by atoms with Crippen molar-refractivity contribution in [3.8, 4) is 0 Å². The summed E-state index contributed by atoms with van der Waals surface area (Å²) >= 11 is 0. The average Bonchev–Trinajstić information content (AvgIpc) is 2.98. The van der Waals surface area contributed by atoms with Gasteiger partial charge in [0.2, 0.25) is 5.82 Å². The Balaban J connectivity index is 1.86. The maximum Gasteiger partial charge on any atom is 0.295 e. The van der Waals surface area contributed by atoms with E-state index >= 15 is 0 Å². The number of anilines is 1. The molecule has 0 saturated carbocycles. The fourth-order valence-corrected chi connectivity index (χ4v) is 2.44. The summed E-state index contributed by atoms with van der Waals surface area (Å²) in [4.78, 5) is 34.3. The minimum absolute atomic E-state index is 0.0190. The van der Waals surface area contributed by atoms with Crippen LogP contribution in [0, 0.1) is 13.8 Å². The summed E-state index contributed by atoms with van der Waals surface area (Å²) in [7, 11) is 3.34. The molecule has 0 aliphatic carbocycles. The number of rotatable bonds is 3. The summed E-state index contributed by atoms with van der Waals surface area (Å²) in [5.74, 6) is -0.209. The van der Waals surface area contributed by atoms with Crippen LogP contribution in [-0.4, -0.2) is 50.4 Å². The number of benzene rings is 1. The van der Waals surface area contributed by atoms with Gasteiger partial charge in [-0.1, -0.05) is 6.07 Å². The minimum atomic E-state index is -0.461. The van der Waals surface area contributed by atoms with Crippen molar-refractivity contribution >= 4 is 23.3 Å². The molecule has 0 atom stereocenters. The molecule has 1 aromatic carbocycles. The number of aromatic nitrogens is 4. The SMILES string of the molecule is Cc1cc(C)n2nc(C(=O)Nc3cccc(C(=O)N(C)C)c3)nc2n1. The zero-order valence-corrected chi connectivity index (χ0v) is 14.4. The summed E-state index contributed by atoms with van der Waals surface area (Å²) in [5, 5.41) is 6.90. The van der Waals surface area contributed by atoms with E-state index < -0.39 is 5.91 Å². The van der Waals surface area contributed by atoms with Gasteiger partial charge in [0.05, 0.1) is 0 Å². The smallest absolute Gasteiger partial charge is 0.295 e. The van der Waals surface area contributed by atoms with Crippen molar-refractivity contribution in [2.45, 2.75) is 13.8 Å². The van der Waals surface area contributed by atoms with Crippen molar-refractivity contribution in [3.05, 3.63) is 53.1 Å². The molecule has 3 rings (SSSR count). The molecular weight excluding hydrogens is 320 g/mol. The van der Waals surface area contributed by atoms with E-state index in [0.717, 1.165) is 11.4 Å². The lowest BCUT2D eigenvalue weighted by molar-refractivity contribution is 0.0827. The Bertz CT molecular complexity index is 976. The largest absolute Gasteiger partial charge is 0.345 e. The number of hydrogen-bond donors (Lipinski definition) is 1. The van der Waals surface area contributed by atoms with Crippen molar-refractivity contribution in [2.24, 2.45) is 0 Å². The Labute approximate surface area is 144 Å². The first-order valence-corrected chi connectivity index (χ1v) is 7.69. The predicted molar refractivity (Wildman–Crippen MR) is 92.7 cm³/mol. The van der Waals surface area contributed by atoms with Gasteiger partial charge in [0.25, 0.3) is 17.6 Å². The molecule has 8 nitrogen and oxygen atoms in total. The highest BCUT2D eigenvalue weighted by molar-refractivity contribution is 6.03. The molecule has 0 fully saturated rings. The van der Waals surface area contributed by atoms with Gasteiger partial charge in [0, 0.05) is 36.7 Å². The van der Waals surface area contributed by atoms with Gasteiger partial charge in [-0.25, -0.2) is 9.50 Å². The summed E-state index contributed by atoms with van der Waals surface area (Å²) in [6, 6.07) is 8.58. The molecule has 0 bridgehead atoms. The molecule has 1 N–H and O–H groups in total. The minimum Gasteiger partial charge on any atom is -0.345 e. The van der Waals surface area contributed by atoms with Crippen LogP contribution in [0.1, 0.15) is 32.4 Å². The van der Waals surface area contributed by atoms with Crippen LogP contribution in [0.5, 0.6) is 0 Å². The topological polar surface area (TPSA) is 92.5 Å². The van der Waals surface area contributed by atoms with Crippen LogP contribution in [0.3, 0.4) is 0 Å². The van der Waals surface area contributed by atoms with Crippen LogP contribution >= 0.6 is 0 Å². The number of hydrogen-bond acceptors (Lipinski definition) is 5. The van der Waals surface area contributed by atoms with Crippen LogP contribution < -0.4 is 5.32 Å². The molecule has 2 heterocycles. The van der Waals surface area contributed by atoms with Crippen molar-refractivity contribution in [3.63, 3.8) is 0 Å². The molecular formula is C17H18N6O2. The van der Waals surface area contributed by atoms with Crippen LogP contribution in [0.2, 0.25) is 0 Å². The first-order valence-electron chi connectivity index (χ1n) is 7.69. The van der Waals surface area contributed by atoms with E-state index in [1.165, 1.54) is 9.42 Å². The van der Waals surface area contributed by atoms with Gasteiger partial charge in [0.15, 0.2) is 0 Å². The van der Waals surface area contributed by atoms with E-state index in [2.05, 4.69) is 20.4 Å². The maximum atomic E-state index is 12.4. The normalized spacial score (nSPS) is 10.7. The van der Waals surface area contributed by atoms with Gasteiger partial charge in [-0.2, -0.15) is 4.98 Å². The number of carbonyl (C=O) groups is 2. The number of nitrogens with zero attached hydrogens (tertiary/aromatic N) is 5. The Hall–Kier alpha value is -3.29. The number of nitrogens with one attached hydrogen (secondary N) is 1. The van der Waals surface area contributed by atoms with Crippen LogP contribution in [0.15, 0.2) is 30.3 Å². The maximum absolute atomic E-state index is 12.4. The lowest BCUT2D eigenvalue weighted by Gasteiger charge is -2.11. The summed E-state index contributed by atoms with van der Waals surface area (Å²) in [6.45, 7) is 3.73. The Kier molecular flexibility index (Phi) is 4.18. The Morgan fingerprint density at radius 1 is 1.12 bits per heavy atom. The lowest BCUT2D eigenvalue weighted by Crippen LogP contribution is -2.22. The molecule has 25 heavy (non-hydrogen) atoms. The van der Waals surface area contributed by atoms with Crippen LogP contribution in [0.4, 0.5) is 5.69 Å². The lowest BCUT2D eigenvalue weighted by atomic mass is 10.2. The van der Waals surface area contributed by atoms with Gasteiger partial charge in [0.1, 0.15) is 0 Å². The molecule has 128 valence electrons. The van der Waals surface area contributed by atoms with Crippen molar-refractivity contribution < 1.29 is 9.59 Å². The van der Waals surface area contributed by atoms with Gasteiger partial charge >= 0.3 is 0 Å². The monoisotopic (exact) mass is 338 g/mol. The summed E-state index contributed by atoms with van der Waals surface area (Å²) < 4.78 is 1.52. The predicted octanol–water partition coefficient (Wildman–Crippen LogP) is 1.70. The number of fused-ring (bicyclic) bond motifs is 1. The molecule has 2 amide bonds. The van der Waals surface area contributed by atoms with E-state index in [1.54, 1.807) is 38.4 Å². The van der Waals surface area contributed by atoms with Crippen molar-refractivity contribution in [1.82, 2.24) is 24.5 Å². The molecule has 0 saturated heterocycles. The van der Waals surface area contributed by atoms with Crippen molar-refractivity contribution in [2.75, 3.05) is 19.4 Å². The third kappa shape index (κ3) is 3.32. The summed E-state index contributed by atoms with van der Waals surface area (Å²) in [5.41, 5.74) is 2.63. The number of aryl methyl sites for hydroxylation is 2. The highest BCUT2D eigenvalue weighted by Crippen LogP contribution is 2.13. The molecule has 3 aromatic rings. The van der Waals surface area contributed by atoms with E-state index in [9.17, 15) is 9.59 Å². The third-order valence-corrected chi connectivity index (χ3v) is 3.59. The first-order chi connectivity index (χ1) is 11.8. The molecule has 0 aliphatic heterocycles. The fourth-order valence-electron chi connectivity index (χ4n) is 2.44. The standard InChI is InChI=1S/C17H18N6O2/c1-10-8-11(2)23-17(18-10)20-14(21-23)15(24)19-13-7-5-6-12(9-13)16(25)22(3)4/h5-9H,1-4H3,(H,19,24). The molecule has 2 aromatic heterocycles. The van der Waals surface area contributed by atoms with E-state index in [1.807, 2.05) is 19.9 Å². The number of amides is 2. The molecule has 0 unspecified atom stereocenters.